The summed E-state index contributed by atoms with van der Waals surface area (Å²) >= 11 is 0. The van der Waals surface area contributed by atoms with Crippen LogP contribution < -0.4 is 19.5 Å². The third kappa shape index (κ3) is 6.05. The Hall–Kier alpha value is -4.74. The van der Waals surface area contributed by atoms with Crippen LogP contribution >= 0.6 is 0 Å². The predicted octanol–water partition coefficient (Wildman–Crippen LogP) is 9.64. The molecule has 0 heterocycles. The van der Waals surface area contributed by atoms with E-state index in [1.807, 2.05) is 48.5 Å². The highest BCUT2D eigenvalue weighted by Gasteiger charge is 2.29. The highest BCUT2D eigenvalue weighted by Crippen LogP contribution is 2.27. The fourth-order valence-corrected chi connectivity index (χ4v) is 6.12. The third-order valence-corrected chi connectivity index (χ3v) is 7.97. The number of rotatable bonds is 8. The van der Waals surface area contributed by atoms with E-state index in [0.29, 0.717) is 0 Å². The van der Waals surface area contributed by atoms with Crippen LogP contribution in [0, 0.1) is 0 Å². The van der Waals surface area contributed by atoms with Gasteiger partial charge in [-0.25, -0.2) is 0 Å². The van der Waals surface area contributed by atoms with Crippen molar-refractivity contribution in [3.63, 3.8) is 0 Å². The molecular formula is C34H30N2O2Si. The minimum absolute atomic E-state index is 0.797. The molecule has 0 radical (unpaired) electrons. The maximum Gasteiger partial charge on any atom is 0.454 e. The second-order valence-electron chi connectivity index (χ2n) is 10.0. The Bertz CT molecular complexity index is 1600. The van der Waals surface area contributed by atoms with Gasteiger partial charge in [-0.1, -0.05) is 60.7 Å². The van der Waals surface area contributed by atoms with Gasteiger partial charge in [0.25, 0.3) is 0 Å². The monoisotopic (exact) mass is 526 g/mol. The molecule has 6 aromatic rings. The average Bonchev–Trinajstić information content (AvgIpc) is 2.95. The Balaban J connectivity index is 1.06. The molecule has 0 aliphatic rings. The summed E-state index contributed by atoms with van der Waals surface area (Å²) in [4.78, 5) is 0. The van der Waals surface area contributed by atoms with E-state index in [4.69, 9.17) is 8.85 Å². The summed E-state index contributed by atoms with van der Waals surface area (Å²) in [6, 6.07) is 45.6. The summed E-state index contributed by atoms with van der Waals surface area (Å²) in [5.41, 5.74) is 4.12. The number of hydrogen-bond donors (Lipinski definition) is 2. The molecule has 6 rings (SSSR count). The molecule has 6 aromatic carbocycles. The second-order valence-corrected chi connectivity index (χ2v) is 13.2. The summed E-state index contributed by atoms with van der Waals surface area (Å²) in [5, 5.41) is 11.8. The van der Waals surface area contributed by atoms with E-state index in [1.165, 1.54) is 21.5 Å². The molecule has 0 amide bonds. The first-order valence-corrected chi connectivity index (χ1v) is 15.9. The van der Waals surface area contributed by atoms with Gasteiger partial charge in [0.15, 0.2) is 0 Å². The number of fused-ring (bicyclic) bond motifs is 2. The van der Waals surface area contributed by atoms with Crippen LogP contribution in [-0.4, -0.2) is 8.56 Å². The zero-order valence-electron chi connectivity index (χ0n) is 22.0. The van der Waals surface area contributed by atoms with Crippen molar-refractivity contribution in [3.8, 4) is 11.5 Å². The van der Waals surface area contributed by atoms with E-state index in [0.717, 1.165) is 34.2 Å². The van der Waals surface area contributed by atoms with E-state index < -0.39 is 8.56 Å². The zero-order valence-corrected chi connectivity index (χ0v) is 23.0. The predicted molar refractivity (Wildman–Crippen MR) is 166 cm³/mol. The Morgan fingerprint density at radius 3 is 1.18 bits per heavy atom. The lowest BCUT2D eigenvalue weighted by Gasteiger charge is -2.25. The largest absolute Gasteiger partial charge is 0.512 e. The van der Waals surface area contributed by atoms with Gasteiger partial charge >= 0.3 is 8.56 Å². The molecule has 5 heteroatoms. The maximum atomic E-state index is 6.31. The van der Waals surface area contributed by atoms with E-state index in [1.54, 1.807) is 0 Å². The molecule has 4 nitrogen and oxygen atoms in total. The van der Waals surface area contributed by atoms with Crippen molar-refractivity contribution in [2.45, 2.75) is 13.1 Å². The molecule has 0 aliphatic heterocycles. The first-order valence-electron chi connectivity index (χ1n) is 13.1. The fraction of sp³-hybridized carbons (Fsp3) is 0.0588. The Kier molecular flexibility index (Phi) is 6.65. The molecule has 0 aliphatic carbocycles. The quantitative estimate of drug-likeness (QED) is 0.194. The molecule has 0 saturated heterocycles. The summed E-state index contributed by atoms with van der Waals surface area (Å²) in [6.07, 6.45) is 0. The van der Waals surface area contributed by atoms with Crippen LogP contribution in [0.3, 0.4) is 0 Å². The molecule has 0 bridgehead atoms. The van der Waals surface area contributed by atoms with Crippen LogP contribution in [0.5, 0.6) is 11.5 Å². The van der Waals surface area contributed by atoms with Crippen molar-refractivity contribution in [1.82, 2.24) is 0 Å². The molecule has 0 aromatic heterocycles. The van der Waals surface area contributed by atoms with Crippen LogP contribution in [-0.2, 0) is 0 Å². The van der Waals surface area contributed by atoms with Crippen LogP contribution in [0.25, 0.3) is 21.5 Å². The minimum Gasteiger partial charge on any atom is -0.512 e. The summed E-state index contributed by atoms with van der Waals surface area (Å²) in [6.45, 7) is 4.10. The number of nitrogens with one attached hydrogen (secondary N) is 2. The first kappa shape index (κ1) is 24.6. The molecule has 39 heavy (non-hydrogen) atoms. The molecule has 0 spiro atoms. The van der Waals surface area contributed by atoms with Gasteiger partial charge in [0, 0.05) is 35.8 Å². The lowest BCUT2D eigenvalue weighted by molar-refractivity contribution is 0.400. The maximum absolute atomic E-state index is 6.31. The Morgan fingerprint density at radius 1 is 0.410 bits per heavy atom. The van der Waals surface area contributed by atoms with E-state index in [9.17, 15) is 0 Å². The smallest absolute Gasteiger partial charge is 0.454 e. The molecular weight excluding hydrogens is 496 g/mol. The Labute approximate surface area is 230 Å². The minimum atomic E-state index is -2.47. The molecule has 192 valence electrons. The number of anilines is 4. The van der Waals surface area contributed by atoms with Crippen LogP contribution in [0.1, 0.15) is 0 Å². The van der Waals surface area contributed by atoms with Crippen molar-refractivity contribution in [2.24, 2.45) is 0 Å². The van der Waals surface area contributed by atoms with Gasteiger partial charge in [0.2, 0.25) is 0 Å². The van der Waals surface area contributed by atoms with Gasteiger partial charge in [0.1, 0.15) is 11.5 Å². The number of hydrogen-bond acceptors (Lipinski definition) is 4. The van der Waals surface area contributed by atoms with Crippen LogP contribution in [0.4, 0.5) is 22.7 Å². The first-order chi connectivity index (χ1) is 19.0. The lowest BCUT2D eigenvalue weighted by atomic mass is 10.1. The van der Waals surface area contributed by atoms with Crippen molar-refractivity contribution in [1.29, 1.82) is 0 Å². The number of benzene rings is 6. The third-order valence-electron chi connectivity index (χ3n) is 6.51. The molecule has 0 saturated carbocycles. The molecule has 0 unspecified atom stereocenters. The van der Waals surface area contributed by atoms with Gasteiger partial charge in [-0.3, -0.25) is 0 Å². The summed E-state index contributed by atoms with van der Waals surface area (Å²) in [5.74, 6) is 1.59. The van der Waals surface area contributed by atoms with Crippen LogP contribution in [0.2, 0.25) is 13.1 Å². The van der Waals surface area contributed by atoms with Crippen molar-refractivity contribution >= 4 is 52.9 Å². The molecule has 0 fully saturated rings. The summed E-state index contributed by atoms with van der Waals surface area (Å²) in [7, 11) is -2.47. The van der Waals surface area contributed by atoms with Gasteiger partial charge in [0.05, 0.1) is 0 Å². The summed E-state index contributed by atoms with van der Waals surface area (Å²) < 4.78 is 12.6. The highest BCUT2D eigenvalue weighted by atomic mass is 28.4. The average molecular weight is 527 g/mol. The van der Waals surface area contributed by atoms with E-state index >= 15 is 0 Å². The standard InChI is InChI=1S/C34H30N2O2Si/c1-39(2,37-33-19-15-29(16-20-33)35-31-13-11-25-7-3-5-9-27(25)23-31)38-34-21-17-30(18-22-34)36-32-14-12-26-8-4-6-10-28(26)24-32/h3-24,35-36H,1-2H3. The van der Waals surface area contributed by atoms with E-state index in [2.05, 4.69) is 109 Å². The van der Waals surface area contributed by atoms with E-state index in [-0.39, 0.29) is 0 Å². The van der Waals surface area contributed by atoms with Gasteiger partial charge in [-0.05, 0) is 94.3 Å². The fourth-order valence-electron chi connectivity index (χ4n) is 4.67. The van der Waals surface area contributed by atoms with Crippen molar-refractivity contribution < 1.29 is 8.85 Å². The second kappa shape index (κ2) is 10.6. The van der Waals surface area contributed by atoms with Crippen molar-refractivity contribution in [2.75, 3.05) is 10.6 Å². The Morgan fingerprint density at radius 2 is 0.769 bits per heavy atom. The molecule has 2 N–H and O–H groups in total. The zero-order chi connectivity index (χ0) is 26.7. The van der Waals surface area contributed by atoms with Gasteiger partial charge in [-0.2, -0.15) is 0 Å². The van der Waals surface area contributed by atoms with Crippen LogP contribution in [0.15, 0.2) is 133 Å². The topological polar surface area (TPSA) is 42.5 Å². The normalized spacial score (nSPS) is 11.3. The molecule has 0 atom stereocenters. The highest BCUT2D eigenvalue weighted by molar-refractivity contribution is 6.66. The SMILES string of the molecule is C[Si](C)(Oc1ccc(Nc2ccc3ccccc3c2)cc1)Oc1ccc(Nc2ccc3ccccc3c2)cc1. The van der Waals surface area contributed by atoms with Gasteiger partial charge in [-0.15, -0.1) is 0 Å². The van der Waals surface area contributed by atoms with Crippen molar-refractivity contribution in [3.05, 3.63) is 133 Å². The lowest BCUT2D eigenvalue weighted by Crippen LogP contribution is -2.41. The van der Waals surface area contributed by atoms with Gasteiger partial charge < -0.3 is 19.5 Å².